The average Bonchev–Trinajstić information content (AvgIpc) is 2.83. The topological polar surface area (TPSA) is 46.5 Å². The molecule has 0 radical (unpaired) electrons. The predicted molar refractivity (Wildman–Crippen MR) is 95.6 cm³/mol. The summed E-state index contributed by atoms with van der Waals surface area (Å²) in [7, 11) is 0. The highest BCUT2D eigenvalue weighted by Crippen LogP contribution is 2.39. The van der Waals surface area contributed by atoms with Gasteiger partial charge in [0.05, 0.1) is 5.60 Å². The maximum atomic E-state index is 12.0. The molecule has 22 heavy (non-hydrogen) atoms. The molecule has 1 atom stereocenters. The van der Waals surface area contributed by atoms with Gasteiger partial charge in [0.2, 0.25) is 0 Å². The maximum absolute atomic E-state index is 12.0. The molecule has 0 aromatic heterocycles. The van der Waals surface area contributed by atoms with Crippen molar-refractivity contribution in [3.63, 3.8) is 0 Å². The highest BCUT2D eigenvalue weighted by atomic mass is 127. The van der Waals surface area contributed by atoms with E-state index in [1.807, 2.05) is 50.3 Å². The first-order valence-corrected chi connectivity index (χ1v) is 8.57. The van der Waals surface area contributed by atoms with E-state index in [-0.39, 0.29) is 5.97 Å². The Morgan fingerprint density at radius 3 is 2.45 bits per heavy atom. The first-order chi connectivity index (χ1) is 10.4. The molecule has 4 heteroatoms. The summed E-state index contributed by atoms with van der Waals surface area (Å²) >= 11 is 2.17. The van der Waals surface area contributed by atoms with E-state index in [0.717, 1.165) is 14.7 Å². The van der Waals surface area contributed by atoms with Gasteiger partial charge in [-0.15, -0.1) is 0 Å². The molecule has 1 heterocycles. The second-order valence-corrected chi connectivity index (χ2v) is 6.67. The summed E-state index contributed by atoms with van der Waals surface area (Å²) < 4.78 is 6.35. The van der Waals surface area contributed by atoms with Crippen LogP contribution < -0.4 is 0 Å². The molecule has 1 N–H and O–H groups in total. The van der Waals surface area contributed by atoms with Gasteiger partial charge in [0.15, 0.2) is 6.10 Å². The largest absolute Gasteiger partial charge is 0.449 e. The number of ether oxygens (including phenoxy) is 1. The minimum absolute atomic E-state index is 0.291. The van der Waals surface area contributed by atoms with Gasteiger partial charge in [0.25, 0.3) is 0 Å². The molecule has 3 nitrogen and oxygen atoms in total. The van der Waals surface area contributed by atoms with Crippen molar-refractivity contribution in [2.24, 2.45) is 0 Å². The fraction of sp³-hybridized carbons (Fsp3) is 0.389. The minimum Gasteiger partial charge on any atom is -0.449 e. The van der Waals surface area contributed by atoms with Gasteiger partial charge in [-0.3, -0.25) is 0 Å². The number of carbonyl (C=O) groups is 1. The lowest BCUT2D eigenvalue weighted by molar-refractivity contribution is -0.139. The molecule has 0 fully saturated rings. The SMILES string of the molecule is CCC(O)(CC)/C(I)=C/C1=C(C)C(=O)OC1c1ccccc1. The lowest BCUT2D eigenvalue weighted by atomic mass is 9.93. The molecule has 0 amide bonds. The average molecular weight is 412 g/mol. The van der Waals surface area contributed by atoms with E-state index in [9.17, 15) is 9.90 Å². The Balaban J connectivity index is 2.43. The van der Waals surface area contributed by atoms with Gasteiger partial charge in [-0.05, 0) is 54.0 Å². The van der Waals surface area contributed by atoms with Crippen molar-refractivity contribution in [1.29, 1.82) is 0 Å². The van der Waals surface area contributed by atoms with Crippen molar-refractivity contribution in [2.75, 3.05) is 0 Å². The van der Waals surface area contributed by atoms with Gasteiger partial charge in [-0.2, -0.15) is 0 Å². The Kier molecular flexibility index (Phi) is 5.45. The normalized spacial score (nSPS) is 19.6. The molecule has 0 saturated carbocycles. The standard InChI is InChI=1S/C18H21IO3/c1-4-18(21,5-2)15(19)11-14-12(3)17(20)22-16(14)13-9-7-6-8-10-13/h6-11,16,21H,4-5H2,1-3H3/b15-11-. The van der Waals surface area contributed by atoms with Crippen molar-refractivity contribution in [3.05, 3.63) is 56.7 Å². The molecule has 0 aliphatic carbocycles. The number of cyclic esters (lactones) is 1. The van der Waals surface area contributed by atoms with Crippen molar-refractivity contribution in [1.82, 2.24) is 0 Å². The maximum Gasteiger partial charge on any atom is 0.335 e. The molecule has 118 valence electrons. The van der Waals surface area contributed by atoms with Crippen LogP contribution in [0, 0.1) is 0 Å². The molecule has 0 bridgehead atoms. The number of hydrogen-bond acceptors (Lipinski definition) is 3. The third kappa shape index (κ3) is 3.27. The zero-order chi connectivity index (χ0) is 16.3. The summed E-state index contributed by atoms with van der Waals surface area (Å²) in [5, 5.41) is 10.6. The van der Waals surface area contributed by atoms with Crippen LogP contribution in [0.4, 0.5) is 0 Å². The Morgan fingerprint density at radius 2 is 1.91 bits per heavy atom. The van der Waals surface area contributed by atoms with Crippen LogP contribution in [-0.4, -0.2) is 16.7 Å². The second kappa shape index (κ2) is 6.96. The van der Waals surface area contributed by atoms with Crippen LogP contribution in [0.25, 0.3) is 0 Å². The third-order valence-corrected chi connectivity index (χ3v) is 5.56. The number of hydrogen-bond donors (Lipinski definition) is 1. The van der Waals surface area contributed by atoms with Crippen LogP contribution in [-0.2, 0) is 9.53 Å². The summed E-state index contributed by atoms with van der Waals surface area (Å²) in [4.78, 5) is 12.0. The van der Waals surface area contributed by atoms with Gasteiger partial charge < -0.3 is 9.84 Å². The van der Waals surface area contributed by atoms with Gasteiger partial charge in [-0.25, -0.2) is 4.79 Å². The first-order valence-electron chi connectivity index (χ1n) is 7.49. The highest BCUT2D eigenvalue weighted by Gasteiger charge is 2.33. The van der Waals surface area contributed by atoms with E-state index >= 15 is 0 Å². The number of aliphatic hydroxyl groups is 1. The van der Waals surface area contributed by atoms with Crippen molar-refractivity contribution >= 4 is 28.6 Å². The monoisotopic (exact) mass is 412 g/mol. The molecule has 0 spiro atoms. The van der Waals surface area contributed by atoms with E-state index in [1.165, 1.54) is 0 Å². The second-order valence-electron chi connectivity index (χ2n) is 5.51. The van der Waals surface area contributed by atoms with E-state index in [1.54, 1.807) is 6.92 Å². The Labute approximate surface area is 145 Å². The summed E-state index contributed by atoms with van der Waals surface area (Å²) in [6.45, 7) is 5.70. The van der Waals surface area contributed by atoms with Gasteiger partial charge in [0, 0.05) is 14.7 Å². The third-order valence-electron chi connectivity index (χ3n) is 4.25. The Morgan fingerprint density at radius 1 is 1.32 bits per heavy atom. The zero-order valence-electron chi connectivity index (χ0n) is 13.1. The van der Waals surface area contributed by atoms with Crippen LogP contribution in [0.2, 0.25) is 0 Å². The van der Waals surface area contributed by atoms with Crippen molar-refractivity contribution < 1.29 is 14.6 Å². The lowest BCUT2D eigenvalue weighted by Crippen LogP contribution is -2.26. The molecule has 0 saturated heterocycles. The molecule has 1 aliphatic rings. The summed E-state index contributed by atoms with van der Waals surface area (Å²) in [6, 6.07) is 9.68. The summed E-state index contributed by atoms with van der Waals surface area (Å²) in [5.41, 5.74) is 1.54. The van der Waals surface area contributed by atoms with Crippen LogP contribution >= 0.6 is 22.6 Å². The zero-order valence-corrected chi connectivity index (χ0v) is 15.3. The Bertz CT molecular complexity index is 612. The van der Waals surface area contributed by atoms with Gasteiger partial charge in [-0.1, -0.05) is 44.2 Å². The highest BCUT2D eigenvalue weighted by molar-refractivity contribution is 14.1. The number of benzene rings is 1. The first kappa shape index (κ1) is 17.2. The quantitative estimate of drug-likeness (QED) is 0.574. The molecular formula is C18H21IO3. The summed E-state index contributed by atoms with van der Waals surface area (Å²) in [5.74, 6) is -0.291. The smallest absolute Gasteiger partial charge is 0.335 e. The van der Waals surface area contributed by atoms with Crippen molar-refractivity contribution in [3.8, 4) is 0 Å². The number of carbonyl (C=O) groups excluding carboxylic acids is 1. The molecule has 1 aromatic carbocycles. The molecule has 1 aliphatic heterocycles. The number of halogens is 1. The summed E-state index contributed by atoms with van der Waals surface area (Å²) in [6.07, 6.45) is 2.78. The molecule has 2 rings (SSSR count). The molecule has 1 unspecified atom stereocenters. The van der Waals surface area contributed by atoms with E-state index in [0.29, 0.717) is 18.4 Å². The number of rotatable bonds is 5. The van der Waals surface area contributed by atoms with Crippen LogP contribution in [0.5, 0.6) is 0 Å². The Hall–Kier alpha value is -1.14. The van der Waals surface area contributed by atoms with Crippen LogP contribution in [0.3, 0.4) is 0 Å². The minimum atomic E-state index is -0.847. The van der Waals surface area contributed by atoms with Crippen molar-refractivity contribution in [2.45, 2.75) is 45.3 Å². The fourth-order valence-corrected chi connectivity index (χ4v) is 3.59. The van der Waals surface area contributed by atoms with Crippen LogP contribution in [0.15, 0.2) is 51.1 Å². The van der Waals surface area contributed by atoms with E-state index in [2.05, 4.69) is 22.6 Å². The van der Waals surface area contributed by atoms with Gasteiger partial charge >= 0.3 is 5.97 Å². The van der Waals surface area contributed by atoms with Crippen LogP contribution in [0.1, 0.15) is 45.3 Å². The van der Waals surface area contributed by atoms with E-state index in [4.69, 9.17) is 4.74 Å². The predicted octanol–water partition coefficient (Wildman–Crippen LogP) is 4.47. The molecular weight excluding hydrogens is 391 g/mol. The van der Waals surface area contributed by atoms with Gasteiger partial charge in [0.1, 0.15) is 0 Å². The molecule has 1 aromatic rings. The lowest BCUT2D eigenvalue weighted by Gasteiger charge is -2.25. The number of esters is 1. The van der Waals surface area contributed by atoms with E-state index < -0.39 is 11.7 Å². The fourth-order valence-electron chi connectivity index (χ4n) is 2.49.